The van der Waals surface area contributed by atoms with Gasteiger partial charge in [0.05, 0.1) is 22.0 Å². The molecule has 2 heterocycles. The predicted molar refractivity (Wildman–Crippen MR) is 123 cm³/mol. The Kier molecular flexibility index (Phi) is 5.12. The second kappa shape index (κ2) is 7.55. The van der Waals surface area contributed by atoms with Gasteiger partial charge in [0.25, 0.3) is 0 Å². The zero-order chi connectivity index (χ0) is 23.7. The molecule has 0 saturated heterocycles. The summed E-state index contributed by atoms with van der Waals surface area (Å²) < 4.78 is 3.69. The summed E-state index contributed by atoms with van der Waals surface area (Å²) in [6.45, 7) is 6.28. The molecule has 0 aliphatic heterocycles. The first-order chi connectivity index (χ1) is 15.5. The number of carbonyl (C=O) groups is 1. The first-order valence-electron chi connectivity index (χ1n) is 11.7. The minimum atomic E-state index is -0.502. The molecule has 1 N–H and O–H groups in total. The van der Waals surface area contributed by atoms with Crippen LogP contribution in [0.5, 0.6) is 0 Å². The van der Waals surface area contributed by atoms with Crippen LogP contribution in [0.25, 0.3) is 0 Å². The molecule has 4 aliphatic carbocycles. The molecule has 10 heteroatoms. The van der Waals surface area contributed by atoms with Crippen LogP contribution in [0.4, 0.5) is 5.82 Å². The van der Waals surface area contributed by atoms with E-state index in [2.05, 4.69) is 15.5 Å². The Bertz CT molecular complexity index is 1140. The molecule has 0 aromatic carbocycles. The molecular weight excluding hydrogens is 444 g/mol. The standard InChI is InChI=1S/C23H31ClN6O3/c1-13-18(14(2)28(4)26-13)11-25-19(31)10-22-6-16-5-17(7-22)9-23(8-16,12-22)29-15(3)20(24)21(27-29)30(32)33/h16-17H,5-12H2,1-4H3,(H,25,31). The summed E-state index contributed by atoms with van der Waals surface area (Å²) in [6, 6.07) is 0. The molecule has 0 radical (unpaired) electrons. The average molecular weight is 475 g/mol. The number of nitrogens with zero attached hydrogens (tertiary/aromatic N) is 5. The van der Waals surface area contributed by atoms with Gasteiger partial charge in [-0.25, -0.2) is 0 Å². The van der Waals surface area contributed by atoms with Crippen molar-refractivity contribution in [1.29, 1.82) is 0 Å². The molecule has 9 nitrogen and oxygen atoms in total. The number of nitro groups is 1. The SMILES string of the molecule is Cc1nn(C)c(C)c1CNC(=O)CC12CC3CC(C1)CC(n1nc([N+](=O)[O-])c(Cl)c1C)(C3)C2. The van der Waals surface area contributed by atoms with Gasteiger partial charge in [0.1, 0.15) is 0 Å². The van der Waals surface area contributed by atoms with Crippen LogP contribution in [0.15, 0.2) is 0 Å². The summed E-state index contributed by atoms with van der Waals surface area (Å²) in [5, 5.41) is 23.5. The molecule has 2 aromatic rings. The normalized spacial score (nSPS) is 30.1. The van der Waals surface area contributed by atoms with E-state index >= 15 is 0 Å². The van der Waals surface area contributed by atoms with E-state index in [1.54, 1.807) is 0 Å². The van der Waals surface area contributed by atoms with Crippen LogP contribution in [-0.4, -0.2) is 30.4 Å². The molecule has 2 unspecified atom stereocenters. The zero-order valence-electron chi connectivity index (χ0n) is 19.7. The summed E-state index contributed by atoms with van der Waals surface area (Å²) in [6.07, 6.45) is 6.47. The van der Waals surface area contributed by atoms with Crippen molar-refractivity contribution in [2.45, 2.75) is 77.8 Å². The summed E-state index contributed by atoms with van der Waals surface area (Å²) in [5.74, 6) is 0.835. The Morgan fingerprint density at radius 1 is 1.18 bits per heavy atom. The van der Waals surface area contributed by atoms with Gasteiger partial charge in [-0.05, 0) is 81.5 Å². The predicted octanol–water partition coefficient (Wildman–Crippen LogP) is 4.11. The van der Waals surface area contributed by atoms with E-state index in [1.165, 1.54) is 6.42 Å². The maximum atomic E-state index is 13.1. The third-order valence-corrected chi connectivity index (χ3v) is 8.90. The minimum absolute atomic E-state index is 0.0657. The summed E-state index contributed by atoms with van der Waals surface area (Å²) in [7, 11) is 1.91. The second-order valence-corrected chi connectivity index (χ2v) is 11.2. The summed E-state index contributed by atoms with van der Waals surface area (Å²) in [5.41, 5.74) is 3.36. The van der Waals surface area contributed by atoms with Crippen LogP contribution in [0, 0.1) is 48.1 Å². The summed E-state index contributed by atoms with van der Waals surface area (Å²) >= 11 is 6.30. The monoisotopic (exact) mass is 474 g/mol. The number of carbonyl (C=O) groups excluding carboxylic acids is 1. The number of aryl methyl sites for hydroxylation is 2. The van der Waals surface area contributed by atoms with E-state index in [1.807, 2.05) is 37.2 Å². The lowest BCUT2D eigenvalue weighted by atomic mass is 9.46. The number of amides is 1. The van der Waals surface area contributed by atoms with Gasteiger partial charge >= 0.3 is 5.82 Å². The van der Waals surface area contributed by atoms with Crippen molar-refractivity contribution in [3.63, 3.8) is 0 Å². The van der Waals surface area contributed by atoms with Gasteiger partial charge in [0.2, 0.25) is 5.91 Å². The van der Waals surface area contributed by atoms with Crippen molar-refractivity contribution >= 4 is 23.3 Å². The van der Waals surface area contributed by atoms with Crippen molar-refractivity contribution in [1.82, 2.24) is 24.9 Å². The Labute approximate surface area is 198 Å². The third-order valence-electron chi connectivity index (χ3n) is 8.46. The van der Waals surface area contributed by atoms with Crippen molar-refractivity contribution < 1.29 is 9.72 Å². The van der Waals surface area contributed by atoms with Crippen LogP contribution < -0.4 is 5.32 Å². The Morgan fingerprint density at radius 3 is 2.39 bits per heavy atom. The highest BCUT2D eigenvalue weighted by molar-refractivity contribution is 6.33. The molecule has 4 bridgehead atoms. The number of hydrogen-bond donors (Lipinski definition) is 1. The molecular formula is C23H31ClN6O3. The average Bonchev–Trinajstić information content (AvgIpc) is 3.14. The van der Waals surface area contributed by atoms with Crippen molar-refractivity contribution in [2.24, 2.45) is 24.3 Å². The highest BCUT2D eigenvalue weighted by Crippen LogP contribution is 2.65. The number of halogens is 1. The van der Waals surface area contributed by atoms with Gasteiger partial charge < -0.3 is 15.4 Å². The molecule has 4 aliphatic rings. The Hall–Kier alpha value is -2.42. The van der Waals surface area contributed by atoms with Crippen molar-refractivity contribution in [2.75, 3.05) is 0 Å². The molecule has 0 spiro atoms. The van der Waals surface area contributed by atoms with Gasteiger partial charge in [0, 0.05) is 31.3 Å². The highest BCUT2D eigenvalue weighted by Gasteiger charge is 2.60. The van der Waals surface area contributed by atoms with E-state index in [-0.39, 0.29) is 27.7 Å². The smallest absolute Gasteiger partial charge is 0.358 e. The fourth-order valence-electron chi connectivity index (χ4n) is 7.57. The van der Waals surface area contributed by atoms with Gasteiger partial charge in [0.15, 0.2) is 5.02 Å². The van der Waals surface area contributed by atoms with Gasteiger partial charge in [-0.2, -0.15) is 9.78 Å². The topological polar surface area (TPSA) is 108 Å². The summed E-state index contributed by atoms with van der Waals surface area (Å²) in [4.78, 5) is 24.1. The Balaban J connectivity index is 1.38. The molecule has 2 atom stereocenters. The van der Waals surface area contributed by atoms with Crippen LogP contribution in [-0.2, 0) is 23.9 Å². The van der Waals surface area contributed by atoms with Gasteiger partial charge in [-0.3, -0.25) is 9.48 Å². The molecule has 2 aromatic heterocycles. The second-order valence-electron chi connectivity index (χ2n) is 10.8. The van der Waals surface area contributed by atoms with E-state index in [0.717, 1.165) is 49.1 Å². The molecule has 178 valence electrons. The lowest BCUT2D eigenvalue weighted by Gasteiger charge is -2.61. The maximum Gasteiger partial charge on any atom is 0.408 e. The van der Waals surface area contributed by atoms with Crippen LogP contribution in [0.2, 0.25) is 5.02 Å². The number of rotatable bonds is 6. The molecule has 1 amide bonds. The number of hydrogen-bond acceptors (Lipinski definition) is 5. The fraction of sp³-hybridized carbons (Fsp3) is 0.696. The quantitative estimate of drug-likeness (QED) is 0.500. The van der Waals surface area contributed by atoms with E-state index < -0.39 is 4.92 Å². The van der Waals surface area contributed by atoms with Gasteiger partial charge in [-0.15, -0.1) is 0 Å². The molecule has 4 saturated carbocycles. The van der Waals surface area contributed by atoms with E-state index in [9.17, 15) is 14.9 Å². The Morgan fingerprint density at radius 2 is 1.85 bits per heavy atom. The van der Waals surface area contributed by atoms with Gasteiger partial charge in [-0.1, -0.05) is 11.6 Å². The lowest BCUT2D eigenvalue weighted by Crippen LogP contribution is -2.58. The molecule has 6 rings (SSSR count). The third kappa shape index (κ3) is 3.55. The van der Waals surface area contributed by atoms with Crippen LogP contribution in [0.1, 0.15) is 67.6 Å². The number of aromatic nitrogens is 4. The zero-order valence-corrected chi connectivity index (χ0v) is 20.4. The lowest BCUT2D eigenvalue weighted by molar-refractivity contribution is -0.389. The van der Waals surface area contributed by atoms with Crippen molar-refractivity contribution in [3.05, 3.63) is 37.8 Å². The fourth-order valence-corrected chi connectivity index (χ4v) is 7.75. The maximum absolute atomic E-state index is 13.1. The van der Waals surface area contributed by atoms with E-state index in [0.29, 0.717) is 30.5 Å². The van der Waals surface area contributed by atoms with Crippen LogP contribution in [0.3, 0.4) is 0 Å². The van der Waals surface area contributed by atoms with E-state index in [4.69, 9.17) is 11.6 Å². The molecule has 4 fully saturated rings. The largest absolute Gasteiger partial charge is 0.408 e. The minimum Gasteiger partial charge on any atom is -0.358 e. The first-order valence-corrected chi connectivity index (χ1v) is 12.1. The number of nitrogens with one attached hydrogen (secondary N) is 1. The first kappa shape index (κ1) is 22.4. The van der Waals surface area contributed by atoms with Crippen molar-refractivity contribution in [3.8, 4) is 0 Å². The highest BCUT2D eigenvalue weighted by atomic mass is 35.5. The van der Waals surface area contributed by atoms with Crippen LogP contribution >= 0.6 is 11.6 Å². The molecule has 33 heavy (non-hydrogen) atoms.